The number of carbonyl (C=O) groups is 1. The van der Waals surface area contributed by atoms with Crippen molar-refractivity contribution in [3.05, 3.63) is 65.5 Å². The Hall–Kier alpha value is -2.99. The van der Waals surface area contributed by atoms with Crippen molar-refractivity contribution < 1.29 is 9.21 Å². The lowest BCUT2D eigenvalue weighted by Gasteiger charge is -2.12. The number of benzene rings is 2. The third-order valence-corrected chi connectivity index (χ3v) is 4.79. The van der Waals surface area contributed by atoms with Gasteiger partial charge in [-0.05, 0) is 24.3 Å². The number of thiazole rings is 1. The van der Waals surface area contributed by atoms with Crippen molar-refractivity contribution in [2.45, 2.75) is 6.54 Å². The Morgan fingerprint density at radius 2 is 1.88 bits per heavy atom. The summed E-state index contributed by atoms with van der Waals surface area (Å²) >= 11 is 1.60. The number of likely N-dealkylation sites (N-methyl/N-ethyl adjacent to an activating group) is 1. The molecule has 0 saturated heterocycles. The van der Waals surface area contributed by atoms with Crippen LogP contribution in [-0.4, -0.2) is 27.8 Å². The fraction of sp³-hybridized carbons (Fsp3) is 0.105. The van der Waals surface area contributed by atoms with Crippen molar-refractivity contribution in [1.82, 2.24) is 14.9 Å². The molecule has 0 spiro atoms. The molecule has 0 aliphatic heterocycles. The van der Waals surface area contributed by atoms with Gasteiger partial charge in [-0.25, -0.2) is 9.97 Å². The highest BCUT2D eigenvalue weighted by atomic mass is 32.1. The molecular formula is C19H15N3O2S. The Labute approximate surface area is 148 Å². The first-order chi connectivity index (χ1) is 12.2. The summed E-state index contributed by atoms with van der Waals surface area (Å²) in [6.45, 7) is 0.468. The summed E-state index contributed by atoms with van der Waals surface area (Å²) in [7, 11) is 1.75. The molecule has 4 rings (SSSR count). The lowest BCUT2D eigenvalue weighted by atomic mass is 10.3. The molecule has 2 aromatic carbocycles. The zero-order valence-corrected chi connectivity index (χ0v) is 14.4. The molecule has 0 fully saturated rings. The van der Waals surface area contributed by atoms with Crippen LogP contribution in [0.5, 0.6) is 0 Å². The Balaban J connectivity index is 1.46. The number of hydrogen-bond donors (Lipinski definition) is 0. The van der Waals surface area contributed by atoms with E-state index in [4.69, 9.17) is 4.42 Å². The minimum Gasteiger partial charge on any atom is -0.437 e. The predicted molar refractivity (Wildman–Crippen MR) is 99.1 cm³/mol. The maximum absolute atomic E-state index is 12.3. The molecule has 0 N–H and O–H groups in total. The van der Waals surface area contributed by atoms with Gasteiger partial charge in [0.1, 0.15) is 10.5 Å². The molecule has 0 aliphatic rings. The van der Waals surface area contributed by atoms with Crippen LogP contribution in [0, 0.1) is 0 Å². The summed E-state index contributed by atoms with van der Waals surface area (Å²) < 4.78 is 6.70. The minimum atomic E-state index is -0.124. The summed E-state index contributed by atoms with van der Waals surface area (Å²) in [5.74, 6) is 0.296. The van der Waals surface area contributed by atoms with E-state index in [9.17, 15) is 4.79 Å². The number of fused-ring (bicyclic) bond motifs is 2. The highest BCUT2D eigenvalue weighted by Crippen LogP contribution is 2.22. The van der Waals surface area contributed by atoms with E-state index in [0.717, 1.165) is 20.7 Å². The zero-order valence-electron chi connectivity index (χ0n) is 13.5. The van der Waals surface area contributed by atoms with Gasteiger partial charge in [-0.15, -0.1) is 11.3 Å². The number of oxazole rings is 1. The quantitative estimate of drug-likeness (QED) is 0.520. The molecule has 0 radical (unpaired) electrons. The van der Waals surface area contributed by atoms with Crippen LogP contribution in [0.4, 0.5) is 0 Å². The molecule has 0 atom stereocenters. The Morgan fingerprint density at radius 3 is 2.68 bits per heavy atom. The second kappa shape index (κ2) is 6.49. The Kier molecular flexibility index (Phi) is 4.03. The molecule has 0 bridgehead atoms. The number of amides is 1. The summed E-state index contributed by atoms with van der Waals surface area (Å²) in [5, 5.41) is 0.910. The van der Waals surface area contributed by atoms with E-state index >= 15 is 0 Å². The van der Waals surface area contributed by atoms with Crippen molar-refractivity contribution in [2.24, 2.45) is 0 Å². The monoisotopic (exact) mass is 349 g/mol. The Bertz CT molecular complexity index is 1010. The highest BCUT2D eigenvalue weighted by Gasteiger charge is 2.10. The van der Waals surface area contributed by atoms with Gasteiger partial charge in [0.2, 0.25) is 11.8 Å². The van der Waals surface area contributed by atoms with E-state index in [1.54, 1.807) is 29.4 Å². The van der Waals surface area contributed by atoms with Crippen molar-refractivity contribution in [2.75, 3.05) is 7.05 Å². The van der Waals surface area contributed by atoms with Gasteiger partial charge in [-0.3, -0.25) is 4.79 Å². The average molecular weight is 349 g/mol. The van der Waals surface area contributed by atoms with Crippen molar-refractivity contribution >= 4 is 44.6 Å². The second-order valence-corrected chi connectivity index (χ2v) is 6.74. The number of aromatic nitrogens is 2. The first-order valence-corrected chi connectivity index (χ1v) is 8.64. The van der Waals surface area contributed by atoms with Gasteiger partial charge in [0, 0.05) is 19.2 Å². The number of carbonyl (C=O) groups excluding carboxylic acids is 1. The van der Waals surface area contributed by atoms with Gasteiger partial charge >= 0.3 is 0 Å². The molecule has 1 amide bonds. The summed E-state index contributed by atoms with van der Waals surface area (Å²) in [4.78, 5) is 22.8. The molecule has 5 nitrogen and oxygen atoms in total. The number of para-hydroxylation sites is 3. The summed E-state index contributed by atoms with van der Waals surface area (Å²) in [6.07, 6.45) is 3.06. The first kappa shape index (κ1) is 15.5. The van der Waals surface area contributed by atoms with Gasteiger partial charge in [0.15, 0.2) is 5.58 Å². The third kappa shape index (κ3) is 3.29. The molecule has 6 heteroatoms. The molecule has 0 unspecified atom stereocenters. The molecule has 4 aromatic rings. The molecule has 124 valence electrons. The largest absolute Gasteiger partial charge is 0.437 e. The van der Waals surface area contributed by atoms with E-state index in [1.165, 1.54) is 6.08 Å². The van der Waals surface area contributed by atoms with E-state index in [0.29, 0.717) is 18.0 Å². The van der Waals surface area contributed by atoms with Crippen LogP contribution >= 0.6 is 11.3 Å². The fourth-order valence-corrected chi connectivity index (χ4v) is 3.52. The van der Waals surface area contributed by atoms with E-state index in [1.807, 2.05) is 48.5 Å². The first-order valence-electron chi connectivity index (χ1n) is 7.82. The predicted octanol–water partition coefficient (Wildman–Crippen LogP) is 4.11. The third-order valence-electron chi connectivity index (χ3n) is 3.77. The molecular weight excluding hydrogens is 334 g/mol. The maximum Gasteiger partial charge on any atom is 0.246 e. The van der Waals surface area contributed by atoms with Gasteiger partial charge in [0.25, 0.3) is 0 Å². The van der Waals surface area contributed by atoms with Gasteiger partial charge in [-0.2, -0.15) is 0 Å². The smallest absolute Gasteiger partial charge is 0.246 e. The lowest BCUT2D eigenvalue weighted by molar-refractivity contribution is -0.125. The van der Waals surface area contributed by atoms with Gasteiger partial charge in [-0.1, -0.05) is 24.3 Å². The summed E-state index contributed by atoms with van der Waals surface area (Å²) in [5.41, 5.74) is 2.44. The number of nitrogens with zero attached hydrogens (tertiary/aromatic N) is 3. The van der Waals surface area contributed by atoms with Crippen molar-refractivity contribution in [3.8, 4) is 0 Å². The topological polar surface area (TPSA) is 59.2 Å². The van der Waals surface area contributed by atoms with Crippen LogP contribution in [0.2, 0.25) is 0 Å². The number of rotatable bonds is 4. The zero-order chi connectivity index (χ0) is 17.2. The van der Waals surface area contributed by atoms with E-state index < -0.39 is 0 Å². The lowest BCUT2D eigenvalue weighted by Crippen LogP contribution is -2.23. The Morgan fingerprint density at radius 1 is 1.12 bits per heavy atom. The summed E-state index contributed by atoms with van der Waals surface area (Å²) in [6, 6.07) is 15.5. The molecule has 0 aliphatic carbocycles. The highest BCUT2D eigenvalue weighted by molar-refractivity contribution is 7.18. The van der Waals surface area contributed by atoms with Crippen LogP contribution < -0.4 is 0 Å². The fourth-order valence-electron chi connectivity index (χ4n) is 2.50. The molecule has 2 aromatic heterocycles. The van der Waals surface area contributed by atoms with Crippen LogP contribution in [0.3, 0.4) is 0 Å². The second-order valence-electron chi connectivity index (χ2n) is 5.62. The number of hydrogen-bond acceptors (Lipinski definition) is 5. The van der Waals surface area contributed by atoms with Crippen LogP contribution in [0.1, 0.15) is 10.9 Å². The average Bonchev–Trinajstić information content (AvgIpc) is 3.22. The van der Waals surface area contributed by atoms with E-state index in [-0.39, 0.29) is 5.91 Å². The van der Waals surface area contributed by atoms with Crippen LogP contribution in [-0.2, 0) is 11.3 Å². The molecule has 2 heterocycles. The van der Waals surface area contributed by atoms with Crippen LogP contribution in [0.25, 0.3) is 27.4 Å². The van der Waals surface area contributed by atoms with Crippen molar-refractivity contribution in [3.63, 3.8) is 0 Å². The van der Waals surface area contributed by atoms with Gasteiger partial charge in [0.05, 0.1) is 16.8 Å². The maximum atomic E-state index is 12.3. The standard InChI is InChI=1S/C19H15N3O2S/c1-22(12-18-21-14-7-3-5-9-16(14)25-18)19(23)11-10-17-20-13-6-2-4-8-15(13)24-17/h2-11H,12H2,1H3/b11-10-. The van der Waals surface area contributed by atoms with Crippen molar-refractivity contribution in [1.29, 1.82) is 0 Å². The van der Waals surface area contributed by atoms with Crippen LogP contribution in [0.15, 0.2) is 59.0 Å². The molecule has 0 saturated carbocycles. The van der Waals surface area contributed by atoms with E-state index in [2.05, 4.69) is 9.97 Å². The minimum absolute atomic E-state index is 0.124. The van der Waals surface area contributed by atoms with Gasteiger partial charge < -0.3 is 9.32 Å². The molecule has 25 heavy (non-hydrogen) atoms. The normalized spacial score (nSPS) is 11.6. The SMILES string of the molecule is CN(Cc1nc2ccccc2s1)C(=O)/C=C\c1nc2ccccc2o1.